The fourth-order valence-electron chi connectivity index (χ4n) is 1.72. The summed E-state index contributed by atoms with van der Waals surface area (Å²) in [6.07, 6.45) is 0. The van der Waals surface area contributed by atoms with Gasteiger partial charge in [-0.05, 0) is 17.7 Å². The van der Waals surface area contributed by atoms with E-state index in [0.717, 1.165) is 6.07 Å². The van der Waals surface area contributed by atoms with E-state index in [9.17, 15) is 13.2 Å². The standard InChI is InChI=1S/C15H12ClF3O/c16-9-11-6-13(17)8-14(7-11)20-10-15(18,19)12-4-2-1-3-5-12/h1-8H,9-10H2. The van der Waals surface area contributed by atoms with Gasteiger partial charge in [-0.15, -0.1) is 11.6 Å². The summed E-state index contributed by atoms with van der Waals surface area (Å²) in [4.78, 5) is 0. The minimum atomic E-state index is -3.14. The molecule has 2 aromatic rings. The first-order valence-electron chi connectivity index (χ1n) is 5.93. The van der Waals surface area contributed by atoms with Crippen molar-refractivity contribution in [3.63, 3.8) is 0 Å². The molecule has 0 aliphatic carbocycles. The minimum absolute atomic E-state index is 0.0382. The van der Waals surface area contributed by atoms with E-state index < -0.39 is 18.3 Å². The van der Waals surface area contributed by atoms with Crippen molar-refractivity contribution in [2.24, 2.45) is 0 Å². The Morgan fingerprint density at radius 3 is 2.40 bits per heavy atom. The highest BCUT2D eigenvalue weighted by molar-refractivity contribution is 6.17. The lowest BCUT2D eigenvalue weighted by Gasteiger charge is -2.17. The van der Waals surface area contributed by atoms with E-state index >= 15 is 0 Å². The number of halogens is 4. The van der Waals surface area contributed by atoms with Crippen LogP contribution in [0.15, 0.2) is 48.5 Å². The van der Waals surface area contributed by atoms with Gasteiger partial charge < -0.3 is 4.74 Å². The summed E-state index contributed by atoms with van der Waals surface area (Å²) in [6, 6.07) is 11.1. The fraction of sp³-hybridized carbons (Fsp3) is 0.200. The Kier molecular flexibility index (Phi) is 4.55. The van der Waals surface area contributed by atoms with E-state index in [1.54, 1.807) is 6.07 Å². The summed E-state index contributed by atoms with van der Waals surface area (Å²) in [5.74, 6) is -3.59. The molecule has 0 bridgehead atoms. The lowest BCUT2D eigenvalue weighted by atomic mass is 10.1. The molecule has 0 heterocycles. The largest absolute Gasteiger partial charge is 0.487 e. The average molecular weight is 301 g/mol. The maximum atomic E-state index is 13.9. The number of hydrogen-bond acceptors (Lipinski definition) is 1. The third kappa shape index (κ3) is 3.67. The van der Waals surface area contributed by atoms with Gasteiger partial charge in [0.25, 0.3) is 0 Å². The zero-order valence-electron chi connectivity index (χ0n) is 10.5. The van der Waals surface area contributed by atoms with Crippen LogP contribution in [0.1, 0.15) is 11.1 Å². The first-order chi connectivity index (χ1) is 9.51. The number of rotatable bonds is 5. The SMILES string of the molecule is Fc1cc(CCl)cc(OCC(F)(F)c2ccccc2)c1. The molecular weight excluding hydrogens is 289 g/mol. The van der Waals surface area contributed by atoms with Gasteiger partial charge in [0.1, 0.15) is 11.6 Å². The van der Waals surface area contributed by atoms with Crippen molar-refractivity contribution in [1.82, 2.24) is 0 Å². The van der Waals surface area contributed by atoms with E-state index in [-0.39, 0.29) is 17.2 Å². The van der Waals surface area contributed by atoms with Gasteiger partial charge in [0.2, 0.25) is 0 Å². The quantitative estimate of drug-likeness (QED) is 0.725. The first-order valence-corrected chi connectivity index (χ1v) is 6.46. The van der Waals surface area contributed by atoms with Crippen LogP contribution in [0.3, 0.4) is 0 Å². The normalized spacial score (nSPS) is 11.4. The van der Waals surface area contributed by atoms with Crippen molar-refractivity contribution in [1.29, 1.82) is 0 Å². The van der Waals surface area contributed by atoms with Crippen molar-refractivity contribution >= 4 is 11.6 Å². The second-order valence-corrected chi connectivity index (χ2v) is 4.56. The van der Waals surface area contributed by atoms with E-state index in [1.807, 2.05) is 0 Å². The monoisotopic (exact) mass is 300 g/mol. The molecule has 0 radical (unpaired) electrons. The van der Waals surface area contributed by atoms with Crippen LogP contribution in [0, 0.1) is 5.82 Å². The van der Waals surface area contributed by atoms with Crippen LogP contribution >= 0.6 is 11.6 Å². The Bertz CT molecular complexity index is 573. The van der Waals surface area contributed by atoms with Gasteiger partial charge in [0.15, 0.2) is 6.61 Å². The molecule has 20 heavy (non-hydrogen) atoms. The molecule has 5 heteroatoms. The molecular formula is C15H12ClF3O. The first kappa shape index (κ1) is 14.7. The molecule has 0 saturated heterocycles. The molecule has 0 amide bonds. The topological polar surface area (TPSA) is 9.23 Å². The molecule has 106 valence electrons. The van der Waals surface area contributed by atoms with Crippen LogP contribution < -0.4 is 4.74 Å². The van der Waals surface area contributed by atoms with E-state index in [0.29, 0.717) is 5.56 Å². The average Bonchev–Trinajstić information content (AvgIpc) is 2.45. The number of alkyl halides is 3. The number of benzene rings is 2. The van der Waals surface area contributed by atoms with Crippen LogP contribution in [0.25, 0.3) is 0 Å². The molecule has 0 aliphatic heterocycles. The molecule has 1 nitrogen and oxygen atoms in total. The molecule has 0 N–H and O–H groups in total. The Labute approximate surface area is 119 Å². The summed E-state index contributed by atoms with van der Waals surface area (Å²) in [5, 5.41) is 0. The third-order valence-corrected chi connectivity index (χ3v) is 3.01. The Morgan fingerprint density at radius 2 is 1.75 bits per heavy atom. The van der Waals surface area contributed by atoms with E-state index in [1.165, 1.54) is 36.4 Å². The second kappa shape index (κ2) is 6.18. The molecule has 0 unspecified atom stereocenters. The number of hydrogen-bond donors (Lipinski definition) is 0. The van der Waals surface area contributed by atoms with Gasteiger partial charge >= 0.3 is 5.92 Å². The summed E-state index contributed by atoms with van der Waals surface area (Å²) in [6.45, 7) is -0.859. The van der Waals surface area contributed by atoms with Crippen LogP contribution in [0.5, 0.6) is 5.75 Å². The summed E-state index contributed by atoms with van der Waals surface area (Å²) < 4.78 is 46.0. The molecule has 2 rings (SSSR count). The molecule has 0 fully saturated rings. The van der Waals surface area contributed by atoms with Gasteiger partial charge in [-0.3, -0.25) is 0 Å². The predicted molar refractivity (Wildman–Crippen MR) is 71.8 cm³/mol. The van der Waals surface area contributed by atoms with Crippen molar-refractivity contribution in [3.8, 4) is 5.75 Å². The van der Waals surface area contributed by atoms with Gasteiger partial charge in [-0.1, -0.05) is 30.3 Å². The zero-order valence-corrected chi connectivity index (χ0v) is 11.2. The van der Waals surface area contributed by atoms with Crippen LogP contribution in [0.4, 0.5) is 13.2 Å². The lowest BCUT2D eigenvalue weighted by Crippen LogP contribution is -2.23. The smallest absolute Gasteiger partial charge is 0.306 e. The van der Waals surface area contributed by atoms with Crippen LogP contribution in [-0.2, 0) is 11.8 Å². The minimum Gasteiger partial charge on any atom is -0.487 e. The van der Waals surface area contributed by atoms with E-state index in [2.05, 4.69) is 0 Å². The second-order valence-electron chi connectivity index (χ2n) is 4.29. The molecule has 0 spiro atoms. The summed E-state index contributed by atoms with van der Waals surface area (Å²) >= 11 is 5.59. The number of ether oxygens (including phenoxy) is 1. The molecule has 0 saturated carbocycles. The predicted octanol–water partition coefficient (Wildman–Crippen LogP) is 4.74. The van der Waals surface area contributed by atoms with Gasteiger partial charge in [0.05, 0.1) is 0 Å². The van der Waals surface area contributed by atoms with Crippen molar-refractivity contribution in [3.05, 3.63) is 65.5 Å². The highest BCUT2D eigenvalue weighted by Crippen LogP contribution is 2.29. The van der Waals surface area contributed by atoms with Gasteiger partial charge in [-0.25, -0.2) is 4.39 Å². The maximum absolute atomic E-state index is 13.9. The van der Waals surface area contributed by atoms with E-state index in [4.69, 9.17) is 16.3 Å². The van der Waals surface area contributed by atoms with Gasteiger partial charge in [0, 0.05) is 17.5 Å². The van der Waals surface area contributed by atoms with Crippen molar-refractivity contribution in [2.75, 3.05) is 6.61 Å². The fourth-order valence-corrected chi connectivity index (χ4v) is 1.87. The summed E-state index contributed by atoms with van der Waals surface area (Å²) in [5.41, 5.74) is 0.332. The highest BCUT2D eigenvalue weighted by Gasteiger charge is 2.32. The maximum Gasteiger partial charge on any atom is 0.306 e. The molecule has 0 aromatic heterocycles. The Morgan fingerprint density at radius 1 is 1.05 bits per heavy atom. The zero-order chi connectivity index (χ0) is 14.6. The molecule has 2 aromatic carbocycles. The molecule has 0 atom stereocenters. The summed E-state index contributed by atoms with van der Waals surface area (Å²) in [7, 11) is 0. The lowest BCUT2D eigenvalue weighted by molar-refractivity contribution is -0.0468. The van der Waals surface area contributed by atoms with Gasteiger partial charge in [-0.2, -0.15) is 8.78 Å². The Balaban J connectivity index is 2.10. The van der Waals surface area contributed by atoms with Crippen LogP contribution in [0.2, 0.25) is 0 Å². The van der Waals surface area contributed by atoms with Crippen molar-refractivity contribution in [2.45, 2.75) is 11.8 Å². The third-order valence-electron chi connectivity index (χ3n) is 2.70. The van der Waals surface area contributed by atoms with Crippen LogP contribution in [-0.4, -0.2) is 6.61 Å². The molecule has 0 aliphatic rings. The highest BCUT2D eigenvalue weighted by atomic mass is 35.5. The Hall–Kier alpha value is -1.68. The van der Waals surface area contributed by atoms with Crippen molar-refractivity contribution < 1.29 is 17.9 Å².